The molecule has 0 bridgehead atoms. The van der Waals surface area contributed by atoms with E-state index in [4.69, 9.17) is 0 Å². The number of aromatic amines is 1. The molecule has 2 heterocycles. The molecule has 0 aliphatic heterocycles. The van der Waals surface area contributed by atoms with Gasteiger partial charge in [0.15, 0.2) is 6.04 Å². The highest BCUT2D eigenvalue weighted by Crippen LogP contribution is 2.32. The average Bonchev–Trinajstić information content (AvgIpc) is 3.16. The molecule has 2 unspecified atom stereocenters. The third-order valence-corrected chi connectivity index (χ3v) is 5.93. The number of hydrogen-bond donors (Lipinski definition) is 3. The van der Waals surface area contributed by atoms with Crippen molar-refractivity contribution in [2.24, 2.45) is 0 Å². The first-order chi connectivity index (χ1) is 15.7. The topological polar surface area (TPSA) is 111 Å². The normalized spacial score (nSPS) is 13.8. The number of pyridine rings is 1. The lowest BCUT2D eigenvalue weighted by Gasteiger charge is -2.33. The summed E-state index contributed by atoms with van der Waals surface area (Å²) in [5.41, 5.74) is 1.11. The molecule has 0 aromatic carbocycles. The molecule has 0 aliphatic carbocycles. The SMILES string of the molecule is CC(C)NC(=O)C(c1ncc(Br)cc1Br)N(Cc1cn[nH]c1C(C)(C)C)C(=O)C(O)CC(F)F. The van der Waals surface area contributed by atoms with Crippen molar-refractivity contribution in [3.8, 4) is 0 Å². The van der Waals surface area contributed by atoms with Gasteiger partial charge in [-0.1, -0.05) is 20.8 Å². The fraction of sp³-hybridized carbons (Fsp3) is 0.545. The zero-order valence-corrected chi connectivity index (χ0v) is 22.7. The first-order valence-corrected chi connectivity index (χ1v) is 12.2. The number of aliphatic hydroxyl groups excluding tert-OH is 1. The largest absolute Gasteiger partial charge is 0.383 e. The maximum atomic E-state index is 13.4. The van der Waals surface area contributed by atoms with Crippen LogP contribution in [0.3, 0.4) is 0 Å². The highest BCUT2D eigenvalue weighted by atomic mass is 79.9. The molecular weight excluding hydrogens is 580 g/mol. The fourth-order valence-electron chi connectivity index (χ4n) is 3.42. The lowest BCUT2D eigenvalue weighted by Crippen LogP contribution is -2.49. The molecule has 2 aromatic heterocycles. The van der Waals surface area contributed by atoms with Crippen LogP contribution in [-0.2, 0) is 21.5 Å². The van der Waals surface area contributed by atoms with Crippen LogP contribution in [0.5, 0.6) is 0 Å². The Morgan fingerprint density at radius 1 is 1.24 bits per heavy atom. The van der Waals surface area contributed by atoms with E-state index < -0.39 is 36.8 Å². The predicted octanol–water partition coefficient (Wildman–Crippen LogP) is 4.24. The summed E-state index contributed by atoms with van der Waals surface area (Å²) in [7, 11) is 0. The number of carbonyl (C=O) groups excluding carboxylic acids is 2. The van der Waals surface area contributed by atoms with E-state index in [0.717, 1.165) is 4.90 Å². The molecule has 0 fully saturated rings. The van der Waals surface area contributed by atoms with Gasteiger partial charge in [-0.3, -0.25) is 19.7 Å². The van der Waals surface area contributed by atoms with Crippen LogP contribution in [0.2, 0.25) is 0 Å². The minimum atomic E-state index is -2.90. The molecule has 2 aromatic rings. The second kappa shape index (κ2) is 11.7. The van der Waals surface area contributed by atoms with Crippen LogP contribution < -0.4 is 5.32 Å². The second-order valence-electron chi connectivity index (χ2n) is 9.22. The summed E-state index contributed by atoms with van der Waals surface area (Å²) in [5.74, 6) is -1.58. The summed E-state index contributed by atoms with van der Waals surface area (Å²) in [6, 6.07) is 0.0768. The molecule has 2 atom stereocenters. The number of nitrogens with one attached hydrogen (secondary N) is 2. The standard InChI is InChI=1S/C22H29Br2F2N5O3/c1-11(2)29-20(33)18(17-14(24)6-13(23)9-27-17)31(21(34)15(32)7-16(25)26)10-12-8-28-30-19(12)22(3,4)5/h6,8-9,11,15-16,18,32H,7,10H2,1-5H3,(H,28,30)(H,29,33). The van der Waals surface area contributed by atoms with E-state index in [2.05, 4.69) is 52.4 Å². The summed E-state index contributed by atoms with van der Waals surface area (Å²) in [5, 5.41) is 20.1. The summed E-state index contributed by atoms with van der Waals surface area (Å²) in [6.45, 7) is 9.17. The van der Waals surface area contributed by atoms with Crippen LogP contribution in [0, 0.1) is 0 Å². The van der Waals surface area contributed by atoms with Crippen molar-refractivity contribution < 1.29 is 23.5 Å². The first kappa shape index (κ1) is 28.3. The van der Waals surface area contributed by atoms with Gasteiger partial charge in [0.2, 0.25) is 12.3 Å². The van der Waals surface area contributed by atoms with Gasteiger partial charge in [-0.2, -0.15) is 5.10 Å². The van der Waals surface area contributed by atoms with Crippen molar-refractivity contribution in [1.29, 1.82) is 0 Å². The lowest BCUT2D eigenvalue weighted by molar-refractivity contribution is -0.150. The van der Waals surface area contributed by atoms with E-state index in [9.17, 15) is 23.5 Å². The molecule has 34 heavy (non-hydrogen) atoms. The number of aromatic nitrogens is 3. The third kappa shape index (κ3) is 7.29. The van der Waals surface area contributed by atoms with Crippen molar-refractivity contribution in [2.75, 3.05) is 0 Å². The fourth-order valence-corrected chi connectivity index (χ4v) is 4.63. The maximum absolute atomic E-state index is 13.4. The summed E-state index contributed by atoms with van der Waals surface area (Å²) in [6.07, 6.45) is -2.98. The number of aliphatic hydroxyl groups is 1. The van der Waals surface area contributed by atoms with Crippen LogP contribution >= 0.6 is 31.9 Å². The Morgan fingerprint density at radius 3 is 2.41 bits per heavy atom. The molecule has 12 heteroatoms. The minimum Gasteiger partial charge on any atom is -0.383 e. The van der Waals surface area contributed by atoms with Gasteiger partial charge in [0.1, 0.15) is 6.10 Å². The van der Waals surface area contributed by atoms with Crippen LogP contribution in [-0.4, -0.2) is 55.6 Å². The van der Waals surface area contributed by atoms with Crippen molar-refractivity contribution in [2.45, 2.75) is 77.6 Å². The highest BCUT2D eigenvalue weighted by molar-refractivity contribution is 9.11. The number of amides is 2. The minimum absolute atomic E-state index is 0.164. The Bertz CT molecular complexity index is 1010. The van der Waals surface area contributed by atoms with Gasteiger partial charge in [-0.25, -0.2) is 8.78 Å². The number of hydrogen-bond acceptors (Lipinski definition) is 5. The van der Waals surface area contributed by atoms with E-state index in [1.165, 1.54) is 12.4 Å². The van der Waals surface area contributed by atoms with Crippen LogP contribution in [0.1, 0.15) is 64.0 Å². The van der Waals surface area contributed by atoms with E-state index in [-0.39, 0.29) is 23.7 Å². The summed E-state index contributed by atoms with van der Waals surface area (Å²) >= 11 is 6.70. The van der Waals surface area contributed by atoms with E-state index >= 15 is 0 Å². The second-order valence-corrected chi connectivity index (χ2v) is 11.0. The molecule has 2 rings (SSSR count). The van der Waals surface area contributed by atoms with Crippen LogP contribution in [0.15, 0.2) is 27.4 Å². The Kier molecular flexibility index (Phi) is 9.72. The molecule has 0 radical (unpaired) electrons. The van der Waals surface area contributed by atoms with Crippen molar-refractivity contribution in [3.05, 3.63) is 44.4 Å². The average molecular weight is 609 g/mol. The number of H-pyrrole nitrogens is 1. The molecule has 0 spiro atoms. The quantitative estimate of drug-likeness (QED) is 0.394. The molecule has 2 amide bonds. The summed E-state index contributed by atoms with van der Waals surface area (Å²) in [4.78, 5) is 32.1. The number of carbonyl (C=O) groups is 2. The van der Waals surface area contributed by atoms with Crippen molar-refractivity contribution in [1.82, 2.24) is 25.4 Å². The molecule has 0 saturated carbocycles. The van der Waals surface area contributed by atoms with Gasteiger partial charge in [0.25, 0.3) is 5.91 Å². The Hall–Kier alpha value is -1.92. The van der Waals surface area contributed by atoms with Gasteiger partial charge >= 0.3 is 0 Å². The van der Waals surface area contributed by atoms with Gasteiger partial charge in [0.05, 0.1) is 18.4 Å². The Balaban J connectivity index is 2.66. The van der Waals surface area contributed by atoms with Crippen molar-refractivity contribution in [3.63, 3.8) is 0 Å². The Labute approximate surface area is 214 Å². The van der Waals surface area contributed by atoms with Gasteiger partial charge < -0.3 is 15.3 Å². The summed E-state index contributed by atoms with van der Waals surface area (Å²) < 4.78 is 27.1. The number of halogens is 4. The first-order valence-electron chi connectivity index (χ1n) is 10.6. The van der Waals surface area contributed by atoms with E-state index in [1.807, 2.05) is 20.8 Å². The molecule has 0 aliphatic rings. The molecule has 8 nitrogen and oxygen atoms in total. The van der Waals surface area contributed by atoms with Crippen molar-refractivity contribution >= 4 is 43.7 Å². The molecule has 0 saturated heterocycles. The third-order valence-electron chi connectivity index (χ3n) is 4.86. The predicted molar refractivity (Wildman–Crippen MR) is 130 cm³/mol. The maximum Gasteiger partial charge on any atom is 0.252 e. The monoisotopic (exact) mass is 607 g/mol. The zero-order valence-electron chi connectivity index (χ0n) is 19.6. The van der Waals surface area contributed by atoms with Gasteiger partial charge in [0, 0.05) is 44.3 Å². The number of nitrogens with zero attached hydrogens (tertiary/aromatic N) is 3. The van der Waals surface area contributed by atoms with E-state index in [1.54, 1.807) is 19.9 Å². The van der Waals surface area contributed by atoms with Gasteiger partial charge in [-0.05, 0) is 51.8 Å². The van der Waals surface area contributed by atoms with E-state index in [0.29, 0.717) is 20.2 Å². The Morgan fingerprint density at radius 2 is 1.88 bits per heavy atom. The number of alkyl halides is 2. The molecular formula is C22H29Br2F2N5O3. The van der Waals surface area contributed by atoms with Crippen LogP contribution in [0.25, 0.3) is 0 Å². The molecule has 3 N–H and O–H groups in total. The van der Waals surface area contributed by atoms with Crippen LogP contribution in [0.4, 0.5) is 8.78 Å². The smallest absolute Gasteiger partial charge is 0.252 e. The van der Waals surface area contributed by atoms with Gasteiger partial charge in [-0.15, -0.1) is 0 Å². The zero-order chi connectivity index (χ0) is 25.8. The molecule has 188 valence electrons. The highest BCUT2D eigenvalue weighted by Gasteiger charge is 2.38. The lowest BCUT2D eigenvalue weighted by atomic mass is 9.89. The number of rotatable bonds is 9.